The lowest BCUT2D eigenvalue weighted by Gasteiger charge is -2.08. The van der Waals surface area contributed by atoms with Crippen LogP contribution in [0.5, 0.6) is 0 Å². The zero-order valence-corrected chi connectivity index (χ0v) is 10.3. The van der Waals surface area contributed by atoms with Gasteiger partial charge in [-0.05, 0) is 12.3 Å². The van der Waals surface area contributed by atoms with E-state index in [0.29, 0.717) is 12.5 Å². The van der Waals surface area contributed by atoms with Crippen molar-refractivity contribution in [3.8, 4) is 0 Å². The Balaban J connectivity index is 2.35. The molecule has 1 aromatic heterocycles. The summed E-state index contributed by atoms with van der Waals surface area (Å²) in [6.45, 7) is 5.08. The van der Waals surface area contributed by atoms with Gasteiger partial charge >= 0.3 is 0 Å². The van der Waals surface area contributed by atoms with E-state index in [9.17, 15) is 4.39 Å². The minimum atomic E-state index is -0.465. The SMILES string of the molecule is CC(C)CCCCNc1nc(NN)ncc1F. The quantitative estimate of drug-likeness (QED) is 0.387. The van der Waals surface area contributed by atoms with Gasteiger partial charge in [-0.2, -0.15) is 4.98 Å². The van der Waals surface area contributed by atoms with Gasteiger partial charge < -0.3 is 5.32 Å². The Labute approximate surface area is 101 Å². The van der Waals surface area contributed by atoms with E-state index in [1.807, 2.05) is 0 Å². The molecule has 96 valence electrons. The first-order valence-corrected chi connectivity index (χ1v) is 5.86. The van der Waals surface area contributed by atoms with Gasteiger partial charge in [-0.25, -0.2) is 15.2 Å². The van der Waals surface area contributed by atoms with Crippen molar-refractivity contribution in [1.29, 1.82) is 0 Å². The number of hydrazine groups is 1. The normalized spacial score (nSPS) is 10.6. The molecule has 0 aliphatic heterocycles. The molecule has 0 fully saturated rings. The van der Waals surface area contributed by atoms with E-state index in [1.165, 1.54) is 6.42 Å². The molecule has 17 heavy (non-hydrogen) atoms. The summed E-state index contributed by atoms with van der Waals surface area (Å²) in [4.78, 5) is 7.55. The van der Waals surface area contributed by atoms with Crippen molar-refractivity contribution in [3.05, 3.63) is 12.0 Å². The van der Waals surface area contributed by atoms with Gasteiger partial charge in [-0.1, -0.05) is 26.7 Å². The largest absolute Gasteiger partial charge is 0.367 e. The third kappa shape index (κ3) is 4.95. The van der Waals surface area contributed by atoms with Gasteiger partial charge in [0.15, 0.2) is 11.6 Å². The van der Waals surface area contributed by atoms with E-state index in [-0.39, 0.29) is 11.8 Å². The number of halogens is 1. The molecule has 1 rings (SSSR count). The molecule has 1 aromatic rings. The Kier molecular flexibility index (Phi) is 5.62. The van der Waals surface area contributed by atoms with Gasteiger partial charge in [0.25, 0.3) is 0 Å². The summed E-state index contributed by atoms with van der Waals surface area (Å²) in [6.07, 6.45) is 4.40. The molecule has 0 saturated carbocycles. The summed E-state index contributed by atoms with van der Waals surface area (Å²) in [5.41, 5.74) is 2.28. The number of nitrogens with two attached hydrogens (primary N) is 1. The van der Waals surface area contributed by atoms with Crippen molar-refractivity contribution in [2.45, 2.75) is 33.1 Å². The molecule has 0 aromatic carbocycles. The van der Waals surface area contributed by atoms with Crippen LogP contribution in [0, 0.1) is 11.7 Å². The Morgan fingerprint density at radius 3 is 2.82 bits per heavy atom. The number of nitrogens with zero attached hydrogens (tertiary/aromatic N) is 2. The molecular weight excluding hydrogens is 221 g/mol. The Morgan fingerprint density at radius 2 is 2.18 bits per heavy atom. The van der Waals surface area contributed by atoms with Crippen molar-refractivity contribution in [3.63, 3.8) is 0 Å². The van der Waals surface area contributed by atoms with Crippen molar-refractivity contribution in [1.82, 2.24) is 9.97 Å². The van der Waals surface area contributed by atoms with E-state index in [1.54, 1.807) is 0 Å². The lowest BCUT2D eigenvalue weighted by Crippen LogP contribution is -2.13. The summed E-state index contributed by atoms with van der Waals surface area (Å²) >= 11 is 0. The smallest absolute Gasteiger partial charge is 0.239 e. The molecule has 0 unspecified atom stereocenters. The molecule has 0 bridgehead atoms. The molecule has 0 atom stereocenters. The van der Waals surface area contributed by atoms with E-state index >= 15 is 0 Å². The third-order valence-electron chi connectivity index (χ3n) is 2.37. The van der Waals surface area contributed by atoms with Gasteiger partial charge in [0.2, 0.25) is 5.95 Å². The maximum Gasteiger partial charge on any atom is 0.239 e. The molecule has 0 aliphatic carbocycles. The summed E-state index contributed by atoms with van der Waals surface area (Å²) in [6, 6.07) is 0. The maximum absolute atomic E-state index is 13.3. The van der Waals surface area contributed by atoms with Crippen LogP contribution < -0.4 is 16.6 Å². The minimum absolute atomic E-state index is 0.192. The molecule has 4 N–H and O–H groups in total. The second-order valence-electron chi connectivity index (χ2n) is 4.35. The number of rotatable bonds is 7. The number of anilines is 2. The second-order valence-corrected chi connectivity index (χ2v) is 4.35. The van der Waals surface area contributed by atoms with E-state index in [4.69, 9.17) is 5.84 Å². The van der Waals surface area contributed by atoms with Crippen LogP contribution in [0.1, 0.15) is 33.1 Å². The first-order valence-electron chi connectivity index (χ1n) is 5.86. The number of unbranched alkanes of at least 4 members (excludes halogenated alkanes) is 1. The molecule has 0 radical (unpaired) electrons. The molecular formula is C11H20FN5. The zero-order valence-electron chi connectivity index (χ0n) is 10.3. The molecule has 0 saturated heterocycles. The molecule has 0 spiro atoms. The van der Waals surface area contributed by atoms with Gasteiger partial charge in [0, 0.05) is 6.54 Å². The van der Waals surface area contributed by atoms with Gasteiger partial charge in [-0.3, -0.25) is 5.43 Å². The fourth-order valence-corrected chi connectivity index (χ4v) is 1.45. The standard InChI is InChI=1S/C11H20FN5/c1-8(2)5-3-4-6-14-10-9(12)7-15-11(16-10)17-13/h7-8H,3-6,13H2,1-2H3,(H2,14,15,16,17). The number of nitrogen functional groups attached to an aromatic ring is 1. The number of hydrogen-bond acceptors (Lipinski definition) is 5. The molecule has 0 amide bonds. The van der Waals surface area contributed by atoms with Crippen LogP contribution in [0.25, 0.3) is 0 Å². The van der Waals surface area contributed by atoms with Gasteiger partial charge in [-0.15, -0.1) is 0 Å². The minimum Gasteiger partial charge on any atom is -0.367 e. The highest BCUT2D eigenvalue weighted by Gasteiger charge is 2.05. The lowest BCUT2D eigenvalue weighted by atomic mass is 10.1. The first-order chi connectivity index (χ1) is 8.13. The molecule has 1 heterocycles. The van der Waals surface area contributed by atoms with E-state index in [0.717, 1.165) is 19.0 Å². The summed E-state index contributed by atoms with van der Waals surface area (Å²) < 4.78 is 13.3. The number of hydrogen-bond donors (Lipinski definition) is 3. The monoisotopic (exact) mass is 241 g/mol. The second kappa shape index (κ2) is 7.01. The van der Waals surface area contributed by atoms with Crippen molar-refractivity contribution in [2.24, 2.45) is 11.8 Å². The van der Waals surface area contributed by atoms with Crippen LogP contribution in [0.15, 0.2) is 6.20 Å². The lowest BCUT2D eigenvalue weighted by molar-refractivity contribution is 0.543. The average Bonchev–Trinajstić information content (AvgIpc) is 2.30. The highest BCUT2D eigenvalue weighted by atomic mass is 19.1. The summed E-state index contributed by atoms with van der Waals surface area (Å²) in [7, 11) is 0. The van der Waals surface area contributed by atoms with Crippen LogP contribution in [0.4, 0.5) is 16.2 Å². The Hall–Kier alpha value is -1.43. The summed E-state index contributed by atoms with van der Waals surface area (Å²) in [5, 5.41) is 2.94. The van der Waals surface area contributed by atoms with Crippen LogP contribution in [-0.2, 0) is 0 Å². The van der Waals surface area contributed by atoms with E-state index < -0.39 is 5.82 Å². The number of nitrogens with one attached hydrogen (secondary N) is 2. The highest BCUT2D eigenvalue weighted by Crippen LogP contribution is 2.12. The van der Waals surface area contributed by atoms with Crippen molar-refractivity contribution < 1.29 is 4.39 Å². The molecule has 0 aliphatic rings. The fraction of sp³-hybridized carbons (Fsp3) is 0.636. The van der Waals surface area contributed by atoms with Crippen LogP contribution in [0.3, 0.4) is 0 Å². The van der Waals surface area contributed by atoms with Crippen molar-refractivity contribution >= 4 is 11.8 Å². The van der Waals surface area contributed by atoms with Crippen molar-refractivity contribution in [2.75, 3.05) is 17.3 Å². The fourth-order valence-electron chi connectivity index (χ4n) is 1.45. The maximum atomic E-state index is 13.3. The van der Waals surface area contributed by atoms with Crippen LogP contribution in [0.2, 0.25) is 0 Å². The predicted molar refractivity (Wildman–Crippen MR) is 67.0 cm³/mol. The third-order valence-corrected chi connectivity index (χ3v) is 2.37. The first kappa shape index (κ1) is 13.6. The topological polar surface area (TPSA) is 75.9 Å². The predicted octanol–water partition coefficient (Wildman–Crippen LogP) is 2.14. The van der Waals surface area contributed by atoms with Crippen LogP contribution in [-0.4, -0.2) is 16.5 Å². The molecule has 5 nitrogen and oxygen atoms in total. The highest BCUT2D eigenvalue weighted by molar-refractivity contribution is 5.40. The van der Waals surface area contributed by atoms with E-state index in [2.05, 4.69) is 34.6 Å². The molecule has 6 heteroatoms. The number of aromatic nitrogens is 2. The Morgan fingerprint density at radius 1 is 1.41 bits per heavy atom. The average molecular weight is 241 g/mol. The summed E-state index contributed by atoms with van der Waals surface area (Å²) in [5.74, 6) is 5.79. The van der Waals surface area contributed by atoms with Gasteiger partial charge in [0.1, 0.15) is 0 Å². The van der Waals surface area contributed by atoms with Crippen LogP contribution >= 0.6 is 0 Å². The zero-order chi connectivity index (χ0) is 12.7. The van der Waals surface area contributed by atoms with Gasteiger partial charge in [0.05, 0.1) is 6.20 Å². The Bertz CT molecular complexity index is 343.